The van der Waals surface area contributed by atoms with E-state index in [-0.39, 0.29) is 0 Å². The van der Waals surface area contributed by atoms with Crippen LogP contribution in [0.2, 0.25) is 0 Å². The normalized spacial score (nSPS) is 35.0. The third kappa shape index (κ3) is 5.22. The first-order chi connectivity index (χ1) is 10.2. The van der Waals surface area contributed by atoms with E-state index >= 15 is 0 Å². The van der Waals surface area contributed by atoms with Crippen molar-refractivity contribution in [2.75, 3.05) is 39.3 Å². The van der Waals surface area contributed by atoms with Crippen LogP contribution >= 0.6 is 0 Å². The van der Waals surface area contributed by atoms with Crippen molar-refractivity contribution in [2.45, 2.75) is 58.8 Å². The van der Waals surface area contributed by atoms with Gasteiger partial charge in [0.2, 0.25) is 0 Å². The Labute approximate surface area is 131 Å². The summed E-state index contributed by atoms with van der Waals surface area (Å²) in [4.78, 5) is 2.65. The Morgan fingerprint density at radius 3 is 2.86 bits per heavy atom. The van der Waals surface area contributed by atoms with Gasteiger partial charge in [0.05, 0.1) is 0 Å². The van der Waals surface area contributed by atoms with Crippen LogP contribution in [0.5, 0.6) is 0 Å². The molecule has 21 heavy (non-hydrogen) atoms. The van der Waals surface area contributed by atoms with E-state index in [0.717, 1.165) is 19.0 Å². The quantitative estimate of drug-likeness (QED) is 0.709. The van der Waals surface area contributed by atoms with Crippen LogP contribution in [0.1, 0.15) is 58.8 Å². The molecule has 0 bridgehead atoms. The number of hydrogen-bond donors (Lipinski definition) is 2. The summed E-state index contributed by atoms with van der Waals surface area (Å²) in [6, 6.07) is 0. The summed E-state index contributed by atoms with van der Waals surface area (Å²) < 4.78 is 0. The van der Waals surface area contributed by atoms with E-state index in [0.29, 0.717) is 17.9 Å². The van der Waals surface area contributed by atoms with E-state index < -0.39 is 0 Å². The zero-order valence-electron chi connectivity index (χ0n) is 14.2. The number of rotatable bonds is 7. The first-order valence-electron chi connectivity index (χ1n) is 9.21. The van der Waals surface area contributed by atoms with Crippen LogP contribution in [0, 0.1) is 17.3 Å². The molecule has 1 saturated carbocycles. The number of nitrogens with one attached hydrogen (secondary N) is 1. The average Bonchev–Trinajstić information content (AvgIpc) is 2.47. The molecule has 1 heterocycles. The van der Waals surface area contributed by atoms with Crippen molar-refractivity contribution in [3.8, 4) is 0 Å². The largest absolute Gasteiger partial charge is 0.396 e. The fraction of sp³-hybridized carbons (Fsp3) is 1.00. The molecule has 0 aromatic heterocycles. The van der Waals surface area contributed by atoms with Crippen molar-refractivity contribution < 1.29 is 5.11 Å². The molecule has 124 valence electrons. The van der Waals surface area contributed by atoms with Gasteiger partial charge in [0.15, 0.2) is 0 Å². The number of aliphatic hydroxyl groups excluding tert-OH is 1. The van der Waals surface area contributed by atoms with Crippen LogP contribution in [0.3, 0.4) is 0 Å². The zero-order chi connectivity index (χ0) is 15.1. The van der Waals surface area contributed by atoms with Gasteiger partial charge in [-0.2, -0.15) is 0 Å². The average molecular weight is 296 g/mol. The van der Waals surface area contributed by atoms with Gasteiger partial charge in [-0.15, -0.1) is 0 Å². The molecule has 0 spiro atoms. The fourth-order valence-electron chi connectivity index (χ4n) is 4.58. The Hall–Kier alpha value is -0.120. The molecule has 0 aromatic carbocycles. The van der Waals surface area contributed by atoms with E-state index in [1.807, 2.05) is 0 Å². The molecule has 1 saturated heterocycles. The van der Waals surface area contributed by atoms with Gasteiger partial charge in [0.25, 0.3) is 0 Å². The van der Waals surface area contributed by atoms with E-state index in [4.69, 9.17) is 0 Å². The van der Waals surface area contributed by atoms with Crippen molar-refractivity contribution in [3.05, 3.63) is 0 Å². The van der Waals surface area contributed by atoms with Crippen molar-refractivity contribution in [3.63, 3.8) is 0 Å². The van der Waals surface area contributed by atoms with Gasteiger partial charge in [-0.3, -0.25) is 0 Å². The fourth-order valence-corrected chi connectivity index (χ4v) is 4.58. The second kappa shape index (κ2) is 8.50. The van der Waals surface area contributed by atoms with Gasteiger partial charge in [-0.1, -0.05) is 26.7 Å². The standard InChI is InChI=1S/C18H36N2O/c1-3-9-19-14-18(8-4-6-16(2)11-18)15-20-10-5-7-17(12-20)13-21/h16-17,19,21H,3-15H2,1-2H3. The molecule has 0 amide bonds. The van der Waals surface area contributed by atoms with Gasteiger partial charge in [-0.05, 0) is 62.4 Å². The number of piperidine rings is 1. The molecule has 0 radical (unpaired) electrons. The monoisotopic (exact) mass is 296 g/mol. The molecule has 0 aromatic rings. The molecule has 2 fully saturated rings. The number of nitrogens with zero attached hydrogens (tertiary/aromatic N) is 1. The van der Waals surface area contributed by atoms with E-state index in [1.54, 1.807) is 0 Å². The lowest BCUT2D eigenvalue weighted by molar-refractivity contribution is 0.0455. The maximum absolute atomic E-state index is 9.46. The van der Waals surface area contributed by atoms with Crippen molar-refractivity contribution in [1.29, 1.82) is 0 Å². The Bertz CT molecular complexity index is 297. The highest BCUT2D eigenvalue weighted by atomic mass is 16.3. The van der Waals surface area contributed by atoms with Crippen LogP contribution in [-0.4, -0.2) is 49.3 Å². The number of aliphatic hydroxyl groups is 1. The summed E-state index contributed by atoms with van der Waals surface area (Å²) in [7, 11) is 0. The first kappa shape index (κ1) is 17.2. The predicted molar refractivity (Wildman–Crippen MR) is 89.5 cm³/mol. The number of likely N-dealkylation sites (tertiary alicyclic amines) is 1. The van der Waals surface area contributed by atoms with Crippen LogP contribution in [0.25, 0.3) is 0 Å². The van der Waals surface area contributed by atoms with Crippen LogP contribution in [-0.2, 0) is 0 Å². The molecule has 3 nitrogen and oxygen atoms in total. The van der Waals surface area contributed by atoms with Gasteiger partial charge in [-0.25, -0.2) is 0 Å². The number of hydrogen-bond acceptors (Lipinski definition) is 3. The molecule has 2 N–H and O–H groups in total. The van der Waals surface area contributed by atoms with Crippen LogP contribution < -0.4 is 5.32 Å². The molecule has 2 rings (SSSR count). The molecule has 3 unspecified atom stereocenters. The lowest BCUT2D eigenvalue weighted by Gasteiger charge is -2.45. The molecule has 1 aliphatic carbocycles. The second-order valence-electron chi connectivity index (χ2n) is 7.80. The van der Waals surface area contributed by atoms with Crippen molar-refractivity contribution in [2.24, 2.45) is 17.3 Å². The lowest BCUT2D eigenvalue weighted by Crippen LogP contribution is -2.49. The molecule has 3 heteroatoms. The minimum Gasteiger partial charge on any atom is -0.396 e. The third-order valence-electron chi connectivity index (χ3n) is 5.53. The second-order valence-corrected chi connectivity index (χ2v) is 7.80. The maximum atomic E-state index is 9.46. The summed E-state index contributed by atoms with van der Waals surface area (Å²) >= 11 is 0. The van der Waals surface area contributed by atoms with E-state index in [9.17, 15) is 5.11 Å². The predicted octanol–water partition coefficient (Wildman–Crippen LogP) is 2.89. The van der Waals surface area contributed by atoms with E-state index in [1.165, 1.54) is 64.6 Å². The highest BCUT2D eigenvalue weighted by molar-refractivity contribution is 4.91. The molecular weight excluding hydrogens is 260 g/mol. The van der Waals surface area contributed by atoms with Crippen LogP contribution in [0.4, 0.5) is 0 Å². The minimum atomic E-state index is 0.369. The topological polar surface area (TPSA) is 35.5 Å². The minimum absolute atomic E-state index is 0.369. The van der Waals surface area contributed by atoms with Gasteiger partial charge >= 0.3 is 0 Å². The third-order valence-corrected chi connectivity index (χ3v) is 5.53. The zero-order valence-corrected chi connectivity index (χ0v) is 14.2. The summed E-state index contributed by atoms with van der Waals surface area (Å²) in [5, 5.41) is 13.2. The molecule has 2 aliphatic rings. The van der Waals surface area contributed by atoms with Gasteiger partial charge in [0.1, 0.15) is 0 Å². The SMILES string of the molecule is CCCNCC1(CN2CCCC(CO)C2)CCCC(C)C1. The Morgan fingerprint density at radius 1 is 1.29 bits per heavy atom. The maximum Gasteiger partial charge on any atom is 0.0471 e. The Kier molecular flexibility index (Phi) is 6.97. The lowest BCUT2D eigenvalue weighted by atomic mass is 9.69. The molecular formula is C18H36N2O. The highest BCUT2D eigenvalue weighted by Gasteiger charge is 2.37. The molecule has 1 aliphatic heterocycles. The van der Waals surface area contributed by atoms with Crippen LogP contribution in [0.15, 0.2) is 0 Å². The smallest absolute Gasteiger partial charge is 0.0471 e. The summed E-state index contributed by atoms with van der Waals surface area (Å²) in [6.45, 7) is 11.0. The summed E-state index contributed by atoms with van der Waals surface area (Å²) in [5.74, 6) is 1.39. The Balaban J connectivity index is 1.94. The Morgan fingerprint density at radius 2 is 2.14 bits per heavy atom. The summed E-state index contributed by atoms with van der Waals surface area (Å²) in [5.41, 5.74) is 0.476. The molecule has 3 atom stereocenters. The first-order valence-corrected chi connectivity index (χ1v) is 9.21. The van der Waals surface area contributed by atoms with Gasteiger partial charge < -0.3 is 15.3 Å². The summed E-state index contributed by atoms with van der Waals surface area (Å²) in [6.07, 6.45) is 9.27. The highest BCUT2D eigenvalue weighted by Crippen LogP contribution is 2.40. The van der Waals surface area contributed by atoms with Gasteiger partial charge in [0, 0.05) is 26.2 Å². The van der Waals surface area contributed by atoms with Crippen molar-refractivity contribution in [1.82, 2.24) is 10.2 Å². The van der Waals surface area contributed by atoms with E-state index in [2.05, 4.69) is 24.1 Å². The van der Waals surface area contributed by atoms with Crippen molar-refractivity contribution >= 4 is 0 Å².